The van der Waals surface area contributed by atoms with Gasteiger partial charge < -0.3 is 10.4 Å². The Balaban J connectivity index is 1.99. The molecule has 1 aromatic heterocycles. The molecule has 4 nitrogen and oxygen atoms in total. The molecule has 104 valence electrons. The predicted octanol–water partition coefficient (Wildman–Crippen LogP) is 3.85. The van der Waals surface area contributed by atoms with E-state index in [-0.39, 0.29) is 17.1 Å². The number of pyridine rings is 1. The van der Waals surface area contributed by atoms with Crippen molar-refractivity contribution >= 4 is 34.1 Å². The van der Waals surface area contributed by atoms with Crippen LogP contribution in [0.1, 0.15) is 10.4 Å². The molecule has 1 amide bonds. The van der Waals surface area contributed by atoms with E-state index in [0.717, 1.165) is 5.39 Å². The van der Waals surface area contributed by atoms with Crippen LogP contribution >= 0.6 is 11.6 Å². The van der Waals surface area contributed by atoms with Gasteiger partial charge in [-0.15, -0.1) is 0 Å². The SMILES string of the molecule is O=C(Nc1ncccc1Cl)c1ccc2ccccc2c1O. The van der Waals surface area contributed by atoms with Gasteiger partial charge in [0.1, 0.15) is 5.75 Å². The number of halogens is 1. The van der Waals surface area contributed by atoms with Gasteiger partial charge in [0, 0.05) is 11.6 Å². The number of hydrogen-bond acceptors (Lipinski definition) is 3. The number of aromatic hydroxyl groups is 1. The van der Waals surface area contributed by atoms with Gasteiger partial charge in [-0.1, -0.05) is 41.9 Å². The van der Waals surface area contributed by atoms with Crippen molar-refractivity contribution < 1.29 is 9.90 Å². The predicted molar refractivity (Wildman–Crippen MR) is 82.8 cm³/mol. The topological polar surface area (TPSA) is 62.2 Å². The van der Waals surface area contributed by atoms with Gasteiger partial charge in [-0.25, -0.2) is 4.98 Å². The fraction of sp³-hybridized carbons (Fsp3) is 0. The maximum atomic E-state index is 12.3. The van der Waals surface area contributed by atoms with Crippen molar-refractivity contribution in [2.75, 3.05) is 5.32 Å². The van der Waals surface area contributed by atoms with Crippen LogP contribution in [-0.4, -0.2) is 16.0 Å². The standard InChI is InChI=1S/C16H11ClN2O2/c17-13-6-3-9-18-15(13)19-16(21)12-8-7-10-4-1-2-5-11(10)14(12)20/h1-9,20H,(H,18,19,21). The lowest BCUT2D eigenvalue weighted by molar-refractivity contribution is 0.102. The lowest BCUT2D eigenvalue weighted by Crippen LogP contribution is -2.13. The Kier molecular flexibility index (Phi) is 3.46. The monoisotopic (exact) mass is 298 g/mol. The zero-order valence-corrected chi connectivity index (χ0v) is 11.6. The molecule has 2 N–H and O–H groups in total. The van der Waals surface area contributed by atoms with Gasteiger partial charge in [0.2, 0.25) is 0 Å². The second kappa shape index (κ2) is 5.42. The third kappa shape index (κ3) is 2.53. The minimum absolute atomic E-state index is 0.0577. The van der Waals surface area contributed by atoms with E-state index in [0.29, 0.717) is 10.4 Å². The molecule has 0 fully saturated rings. The lowest BCUT2D eigenvalue weighted by atomic mass is 10.0. The Morgan fingerprint density at radius 3 is 2.71 bits per heavy atom. The largest absolute Gasteiger partial charge is 0.506 e. The molecule has 0 radical (unpaired) electrons. The molecule has 1 heterocycles. The van der Waals surface area contributed by atoms with Crippen LogP contribution < -0.4 is 5.32 Å². The van der Waals surface area contributed by atoms with Crippen LogP contribution in [0.5, 0.6) is 5.75 Å². The molecule has 3 aromatic rings. The van der Waals surface area contributed by atoms with E-state index in [9.17, 15) is 9.90 Å². The zero-order valence-electron chi connectivity index (χ0n) is 10.9. The number of hydrogen-bond donors (Lipinski definition) is 2. The van der Waals surface area contributed by atoms with E-state index in [4.69, 9.17) is 11.6 Å². The van der Waals surface area contributed by atoms with Crippen molar-refractivity contribution in [3.8, 4) is 5.75 Å². The van der Waals surface area contributed by atoms with E-state index in [1.165, 1.54) is 6.20 Å². The van der Waals surface area contributed by atoms with Crippen LogP contribution in [0, 0.1) is 0 Å². The van der Waals surface area contributed by atoms with Crippen LogP contribution in [0.4, 0.5) is 5.82 Å². The number of benzene rings is 2. The maximum absolute atomic E-state index is 12.3. The molecule has 21 heavy (non-hydrogen) atoms. The number of carbonyl (C=O) groups is 1. The number of aromatic nitrogens is 1. The van der Waals surface area contributed by atoms with Crippen LogP contribution in [0.25, 0.3) is 10.8 Å². The average molecular weight is 299 g/mol. The number of fused-ring (bicyclic) bond motifs is 1. The van der Waals surface area contributed by atoms with Gasteiger partial charge in [0.25, 0.3) is 5.91 Å². The van der Waals surface area contributed by atoms with Gasteiger partial charge in [-0.2, -0.15) is 0 Å². The first-order valence-electron chi connectivity index (χ1n) is 6.29. The Bertz CT molecular complexity index is 833. The zero-order chi connectivity index (χ0) is 14.8. The van der Waals surface area contributed by atoms with Crippen molar-refractivity contribution in [3.63, 3.8) is 0 Å². The number of carbonyl (C=O) groups excluding carboxylic acids is 1. The third-order valence-electron chi connectivity index (χ3n) is 3.14. The van der Waals surface area contributed by atoms with E-state index in [2.05, 4.69) is 10.3 Å². The summed E-state index contributed by atoms with van der Waals surface area (Å²) >= 11 is 5.95. The van der Waals surface area contributed by atoms with Crippen LogP contribution in [0.15, 0.2) is 54.7 Å². The average Bonchev–Trinajstić information content (AvgIpc) is 2.50. The summed E-state index contributed by atoms with van der Waals surface area (Å²) in [5.74, 6) is -0.256. The van der Waals surface area contributed by atoms with E-state index in [1.807, 2.05) is 12.1 Å². The molecule has 2 aromatic carbocycles. The Hall–Kier alpha value is -2.59. The second-order valence-electron chi connectivity index (χ2n) is 4.47. The molecule has 0 saturated carbocycles. The summed E-state index contributed by atoms with van der Waals surface area (Å²) in [7, 11) is 0. The molecule has 0 aliphatic heterocycles. The van der Waals surface area contributed by atoms with Crippen molar-refractivity contribution in [3.05, 3.63) is 65.3 Å². The quantitative estimate of drug-likeness (QED) is 0.755. The second-order valence-corrected chi connectivity index (χ2v) is 4.88. The summed E-state index contributed by atoms with van der Waals surface area (Å²) in [5.41, 5.74) is 0.176. The number of phenolic OH excluding ortho intramolecular Hbond substituents is 1. The van der Waals surface area contributed by atoms with Crippen molar-refractivity contribution in [2.24, 2.45) is 0 Å². The van der Waals surface area contributed by atoms with E-state index in [1.54, 1.807) is 36.4 Å². The third-order valence-corrected chi connectivity index (χ3v) is 3.44. The summed E-state index contributed by atoms with van der Waals surface area (Å²) in [6, 6.07) is 14.0. The fourth-order valence-corrected chi connectivity index (χ4v) is 2.26. The van der Waals surface area contributed by atoms with Gasteiger partial charge in [0.15, 0.2) is 5.82 Å². The molecular formula is C16H11ClN2O2. The summed E-state index contributed by atoms with van der Waals surface area (Å²) in [4.78, 5) is 16.3. The molecule has 3 rings (SSSR count). The fourth-order valence-electron chi connectivity index (χ4n) is 2.09. The van der Waals surface area contributed by atoms with Gasteiger partial charge in [-0.3, -0.25) is 4.79 Å². The first-order chi connectivity index (χ1) is 10.2. The molecule has 5 heteroatoms. The number of rotatable bonds is 2. The van der Waals surface area contributed by atoms with Crippen LogP contribution in [0.3, 0.4) is 0 Å². The Labute approximate surface area is 126 Å². The molecule has 0 bridgehead atoms. The van der Waals surface area contributed by atoms with Crippen LogP contribution in [0.2, 0.25) is 5.02 Å². The number of phenols is 1. The Morgan fingerprint density at radius 2 is 1.90 bits per heavy atom. The van der Waals surface area contributed by atoms with Crippen molar-refractivity contribution in [1.82, 2.24) is 4.98 Å². The normalized spacial score (nSPS) is 10.5. The molecule has 0 atom stereocenters. The van der Waals surface area contributed by atoms with Crippen LogP contribution in [-0.2, 0) is 0 Å². The van der Waals surface area contributed by atoms with Gasteiger partial charge in [-0.05, 0) is 23.6 Å². The number of amides is 1. The number of anilines is 1. The minimum Gasteiger partial charge on any atom is -0.506 e. The molecule has 0 saturated heterocycles. The lowest BCUT2D eigenvalue weighted by Gasteiger charge is -2.09. The van der Waals surface area contributed by atoms with Crippen molar-refractivity contribution in [1.29, 1.82) is 0 Å². The summed E-state index contributed by atoms with van der Waals surface area (Å²) in [5, 5.41) is 14.7. The highest BCUT2D eigenvalue weighted by Crippen LogP contribution is 2.29. The highest BCUT2D eigenvalue weighted by Gasteiger charge is 2.15. The van der Waals surface area contributed by atoms with E-state index < -0.39 is 5.91 Å². The molecular weight excluding hydrogens is 288 g/mol. The first-order valence-corrected chi connectivity index (χ1v) is 6.67. The maximum Gasteiger partial charge on any atom is 0.260 e. The van der Waals surface area contributed by atoms with E-state index >= 15 is 0 Å². The Morgan fingerprint density at radius 1 is 1.10 bits per heavy atom. The molecule has 0 aliphatic rings. The number of nitrogens with zero attached hydrogens (tertiary/aromatic N) is 1. The summed E-state index contributed by atoms with van der Waals surface area (Å²) < 4.78 is 0. The highest BCUT2D eigenvalue weighted by atomic mass is 35.5. The smallest absolute Gasteiger partial charge is 0.260 e. The summed E-state index contributed by atoms with van der Waals surface area (Å²) in [6.07, 6.45) is 1.53. The molecule has 0 aliphatic carbocycles. The van der Waals surface area contributed by atoms with Crippen molar-refractivity contribution in [2.45, 2.75) is 0 Å². The minimum atomic E-state index is -0.459. The summed E-state index contributed by atoms with van der Waals surface area (Å²) in [6.45, 7) is 0. The molecule has 0 spiro atoms. The first kappa shape index (κ1) is 13.4. The van der Waals surface area contributed by atoms with Gasteiger partial charge >= 0.3 is 0 Å². The number of nitrogens with one attached hydrogen (secondary N) is 1. The highest BCUT2D eigenvalue weighted by molar-refractivity contribution is 6.33. The molecule has 0 unspecified atom stereocenters. The van der Waals surface area contributed by atoms with Gasteiger partial charge in [0.05, 0.1) is 10.6 Å².